The highest BCUT2D eigenvalue weighted by Crippen LogP contribution is 2.35. The Hall–Kier alpha value is -3.08. The van der Waals surface area contributed by atoms with Gasteiger partial charge in [-0.2, -0.15) is 10.1 Å². The molecule has 32 heavy (non-hydrogen) atoms. The SMILES string of the molecule is CSc1nn(CC(=O)Nc2ccc(Cl)cc2F)c(N)c1-c1nc(-c2ccc(Cl)cc2)no1. The Balaban J connectivity index is 1.58. The van der Waals surface area contributed by atoms with Gasteiger partial charge in [0.2, 0.25) is 11.7 Å². The molecule has 0 unspecified atom stereocenters. The lowest BCUT2D eigenvalue weighted by atomic mass is 10.2. The first-order valence-electron chi connectivity index (χ1n) is 9.11. The third-order valence-corrected chi connectivity index (χ3v) is 5.55. The highest BCUT2D eigenvalue weighted by atomic mass is 35.5. The molecule has 0 saturated heterocycles. The molecule has 0 aliphatic heterocycles. The van der Waals surface area contributed by atoms with Crippen molar-refractivity contribution in [3.8, 4) is 22.8 Å². The van der Waals surface area contributed by atoms with E-state index in [0.29, 0.717) is 27.0 Å². The molecule has 164 valence electrons. The van der Waals surface area contributed by atoms with Crippen molar-refractivity contribution in [2.24, 2.45) is 0 Å². The van der Waals surface area contributed by atoms with Gasteiger partial charge in [-0.25, -0.2) is 9.07 Å². The number of carbonyl (C=O) groups excluding carboxylic acids is 1. The Bertz CT molecular complexity index is 1290. The number of hydrogen-bond acceptors (Lipinski definition) is 7. The number of benzene rings is 2. The van der Waals surface area contributed by atoms with Crippen LogP contribution in [0.4, 0.5) is 15.9 Å². The molecule has 0 saturated carbocycles. The van der Waals surface area contributed by atoms with Gasteiger partial charge in [-0.05, 0) is 48.7 Å². The van der Waals surface area contributed by atoms with E-state index in [1.165, 1.54) is 28.6 Å². The van der Waals surface area contributed by atoms with Crippen molar-refractivity contribution in [3.05, 3.63) is 58.3 Å². The fourth-order valence-corrected chi connectivity index (χ4v) is 3.74. The third-order valence-electron chi connectivity index (χ3n) is 4.39. The first-order valence-corrected chi connectivity index (χ1v) is 11.1. The van der Waals surface area contributed by atoms with E-state index in [1.807, 2.05) is 0 Å². The fourth-order valence-electron chi connectivity index (χ4n) is 2.87. The molecule has 0 radical (unpaired) electrons. The molecule has 0 aliphatic rings. The Morgan fingerprint density at radius 2 is 1.94 bits per heavy atom. The summed E-state index contributed by atoms with van der Waals surface area (Å²) in [6, 6.07) is 10.9. The zero-order valence-electron chi connectivity index (χ0n) is 16.5. The van der Waals surface area contributed by atoms with Gasteiger partial charge in [0.15, 0.2) is 0 Å². The Labute approximate surface area is 195 Å². The number of carbonyl (C=O) groups is 1. The highest BCUT2D eigenvalue weighted by Gasteiger charge is 2.24. The number of nitrogens with one attached hydrogen (secondary N) is 1. The van der Waals surface area contributed by atoms with Crippen LogP contribution in [-0.4, -0.2) is 32.1 Å². The van der Waals surface area contributed by atoms with Crippen LogP contribution in [0, 0.1) is 5.82 Å². The molecule has 2 aromatic heterocycles. The summed E-state index contributed by atoms with van der Waals surface area (Å²) >= 11 is 13.0. The Kier molecular flexibility index (Phi) is 6.35. The van der Waals surface area contributed by atoms with Crippen LogP contribution in [-0.2, 0) is 11.3 Å². The van der Waals surface area contributed by atoms with Crippen LogP contribution < -0.4 is 11.1 Å². The number of nitrogens with zero attached hydrogens (tertiary/aromatic N) is 4. The predicted octanol–water partition coefficient (Wildman–Crippen LogP) is 4.99. The van der Waals surface area contributed by atoms with Gasteiger partial charge in [-0.3, -0.25) is 4.79 Å². The van der Waals surface area contributed by atoms with Crippen molar-refractivity contribution < 1.29 is 13.7 Å². The largest absolute Gasteiger partial charge is 0.383 e. The summed E-state index contributed by atoms with van der Waals surface area (Å²) in [5.74, 6) is -0.496. The standard InChI is InChI=1S/C20H15Cl2FN6O2S/c1-32-20-16(19-26-18(28-31-19)10-2-4-11(21)5-3-10)17(24)29(27-20)9-15(30)25-14-7-6-12(22)8-13(14)23/h2-8H,9,24H2,1H3,(H,25,30). The summed E-state index contributed by atoms with van der Waals surface area (Å²) in [7, 11) is 0. The van der Waals surface area contributed by atoms with Crippen molar-refractivity contribution >= 4 is 52.4 Å². The van der Waals surface area contributed by atoms with Gasteiger partial charge in [0, 0.05) is 15.6 Å². The minimum Gasteiger partial charge on any atom is -0.383 e. The Morgan fingerprint density at radius 1 is 1.22 bits per heavy atom. The number of rotatable bonds is 6. The van der Waals surface area contributed by atoms with Crippen LogP contribution >= 0.6 is 35.0 Å². The monoisotopic (exact) mass is 492 g/mol. The number of thioether (sulfide) groups is 1. The number of nitrogen functional groups attached to an aromatic ring is 1. The summed E-state index contributed by atoms with van der Waals surface area (Å²) in [6.07, 6.45) is 1.80. The molecule has 8 nitrogen and oxygen atoms in total. The third kappa shape index (κ3) is 4.57. The number of amides is 1. The molecule has 4 aromatic rings. The quantitative estimate of drug-likeness (QED) is 0.364. The average Bonchev–Trinajstić information content (AvgIpc) is 3.35. The minimum absolute atomic E-state index is 0.0000476. The maximum absolute atomic E-state index is 14.0. The zero-order valence-corrected chi connectivity index (χ0v) is 18.8. The van der Waals surface area contributed by atoms with Crippen LogP contribution in [0.1, 0.15) is 0 Å². The number of anilines is 2. The maximum Gasteiger partial charge on any atom is 0.264 e. The fraction of sp³-hybridized carbons (Fsp3) is 0.100. The molecule has 2 heterocycles. The molecule has 1 amide bonds. The second-order valence-electron chi connectivity index (χ2n) is 6.53. The summed E-state index contributed by atoms with van der Waals surface area (Å²) < 4.78 is 20.6. The van der Waals surface area contributed by atoms with E-state index in [4.69, 9.17) is 33.5 Å². The molecular formula is C20H15Cl2FN6O2S. The molecule has 2 aromatic carbocycles. The zero-order chi connectivity index (χ0) is 22.8. The number of nitrogens with two attached hydrogens (primary N) is 1. The van der Waals surface area contributed by atoms with Gasteiger partial charge < -0.3 is 15.6 Å². The smallest absolute Gasteiger partial charge is 0.264 e. The molecule has 3 N–H and O–H groups in total. The normalized spacial score (nSPS) is 11.0. The van der Waals surface area contributed by atoms with E-state index >= 15 is 0 Å². The topological polar surface area (TPSA) is 112 Å². The maximum atomic E-state index is 14.0. The lowest BCUT2D eigenvalue weighted by Crippen LogP contribution is -2.21. The molecule has 0 spiro atoms. The van der Waals surface area contributed by atoms with Crippen molar-refractivity contribution in [2.45, 2.75) is 11.6 Å². The van der Waals surface area contributed by atoms with Gasteiger partial charge in [-0.1, -0.05) is 28.4 Å². The van der Waals surface area contributed by atoms with E-state index in [-0.39, 0.29) is 29.0 Å². The van der Waals surface area contributed by atoms with Crippen LogP contribution in [0.3, 0.4) is 0 Å². The minimum atomic E-state index is -0.648. The molecule has 0 atom stereocenters. The van der Waals surface area contributed by atoms with Crippen LogP contribution in [0.5, 0.6) is 0 Å². The molecule has 4 rings (SSSR count). The van der Waals surface area contributed by atoms with Crippen LogP contribution in [0.15, 0.2) is 52.0 Å². The summed E-state index contributed by atoms with van der Waals surface area (Å²) in [5.41, 5.74) is 7.37. The van der Waals surface area contributed by atoms with Crippen molar-refractivity contribution in [1.82, 2.24) is 19.9 Å². The van der Waals surface area contributed by atoms with Crippen molar-refractivity contribution in [3.63, 3.8) is 0 Å². The van der Waals surface area contributed by atoms with E-state index in [0.717, 1.165) is 6.07 Å². The van der Waals surface area contributed by atoms with Gasteiger partial charge in [0.25, 0.3) is 5.89 Å². The average molecular weight is 493 g/mol. The molecule has 0 bridgehead atoms. The summed E-state index contributed by atoms with van der Waals surface area (Å²) in [5, 5.41) is 12.1. The van der Waals surface area contributed by atoms with Crippen molar-refractivity contribution in [2.75, 3.05) is 17.3 Å². The predicted molar refractivity (Wildman–Crippen MR) is 122 cm³/mol. The van der Waals surface area contributed by atoms with E-state index in [1.54, 1.807) is 30.5 Å². The highest BCUT2D eigenvalue weighted by molar-refractivity contribution is 7.98. The second-order valence-corrected chi connectivity index (χ2v) is 8.20. The molecule has 12 heteroatoms. The van der Waals surface area contributed by atoms with Gasteiger partial charge >= 0.3 is 0 Å². The molecule has 0 aliphatic carbocycles. The van der Waals surface area contributed by atoms with Gasteiger partial charge in [0.05, 0.1) is 5.69 Å². The first-order chi connectivity index (χ1) is 15.4. The number of hydrogen-bond donors (Lipinski definition) is 2. The van der Waals surface area contributed by atoms with E-state index in [2.05, 4.69) is 20.6 Å². The van der Waals surface area contributed by atoms with Crippen molar-refractivity contribution in [1.29, 1.82) is 0 Å². The van der Waals surface area contributed by atoms with Crippen LogP contribution in [0.25, 0.3) is 22.8 Å². The lowest BCUT2D eigenvalue weighted by molar-refractivity contribution is -0.116. The first kappa shape index (κ1) is 22.1. The van der Waals surface area contributed by atoms with Gasteiger partial charge in [-0.15, -0.1) is 11.8 Å². The second kappa shape index (κ2) is 9.19. The molecule has 0 fully saturated rings. The van der Waals surface area contributed by atoms with Gasteiger partial charge in [0.1, 0.15) is 28.8 Å². The van der Waals surface area contributed by atoms with E-state index < -0.39 is 11.7 Å². The van der Waals surface area contributed by atoms with Crippen LogP contribution in [0.2, 0.25) is 10.0 Å². The lowest BCUT2D eigenvalue weighted by Gasteiger charge is -2.08. The summed E-state index contributed by atoms with van der Waals surface area (Å²) in [4.78, 5) is 16.8. The Morgan fingerprint density at radius 3 is 2.62 bits per heavy atom. The van der Waals surface area contributed by atoms with E-state index in [9.17, 15) is 9.18 Å². The summed E-state index contributed by atoms with van der Waals surface area (Å²) in [6.45, 7) is -0.250. The number of aromatic nitrogens is 4. The molecular weight excluding hydrogens is 478 g/mol. The number of halogens is 3.